The topological polar surface area (TPSA) is 107 Å². The number of amides is 2. The molecule has 0 saturated heterocycles. The summed E-state index contributed by atoms with van der Waals surface area (Å²) in [7, 11) is 0. The average molecular weight is 489 g/mol. The molecule has 4 rings (SSSR count). The van der Waals surface area contributed by atoms with Crippen LogP contribution in [0, 0.1) is 13.8 Å². The molecule has 35 heavy (non-hydrogen) atoms. The minimum atomic E-state index is -4.68. The molecule has 2 amide bonds. The maximum Gasteiger partial charge on any atom is 0.453 e. The van der Waals surface area contributed by atoms with Crippen molar-refractivity contribution in [3.05, 3.63) is 58.2 Å². The van der Waals surface area contributed by atoms with Crippen LogP contribution in [-0.4, -0.2) is 55.4 Å². The van der Waals surface area contributed by atoms with E-state index in [1.165, 1.54) is 4.90 Å². The standard InChI is InChI=1S/C23H22F3N5O4/c1-13-15(14(2)31-22(27-13)28-21(29-31)23(24,25)26)9-10-18(32)35-12-6-5-11-30-19(33)16-7-3-4-8-17(16)20(30)34/h3-4,7-8H,5-6,9-12H2,1-2H3. The van der Waals surface area contributed by atoms with E-state index in [4.69, 9.17) is 4.74 Å². The number of nitrogens with zero attached hydrogens (tertiary/aromatic N) is 5. The van der Waals surface area contributed by atoms with Crippen molar-refractivity contribution in [1.29, 1.82) is 0 Å². The smallest absolute Gasteiger partial charge is 0.453 e. The number of hydrogen-bond donors (Lipinski definition) is 0. The van der Waals surface area contributed by atoms with Crippen molar-refractivity contribution in [2.24, 2.45) is 0 Å². The zero-order valence-electron chi connectivity index (χ0n) is 19.1. The number of carbonyl (C=O) groups excluding carboxylic acids is 3. The summed E-state index contributed by atoms with van der Waals surface area (Å²) >= 11 is 0. The average Bonchev–Trinajstić information content (AvgIpc) is 3.34. The van der Waals surface area contributed by atoms with Crippen LogP contribution >= 0.6 is 0 Å². The van der Waals surface area contributed by atoms with Gasteiger partial charge >= 0.3 is 12.1 Å². The van der Waals surface area contributed by atoms with Gasteiger partial charge in [0, 0.05) is 24.4 Å². The summed E-state index contributed by atoms with van der Waals surface area (Å²) in [6.07, 6.45) is -3.52. The Balaban J connectivity index is 1.25. The van der Waals surface area contributed by atoms with Gasteiger partial charge in [0.25, 0.3) is 23.4 Å². The van der Waals surface area contributed by atoms with Gasteiger partial charge < -0.3 is 4.74 Å². The molecule has 0 saturated carbocycles. The van der Waals surface area contributed by atoms with Gasteiger partial charge in [0.05, 0.1) is 17.7 Å². The number of imide groups is 1. The minimum absolute atomic E-state index is 0.00803. The molecule has 184 valence electrons. The number of unbranched alkanes of at least 4 members (excludes halogenated alkanes) is 1. The number of aryl methyl sites for hydroxylation is 2. The van der Waals surface area contributed by atoms with Gasteiger partial charge in [-0.3, -0.25) is 19.3 Å². The van der Waals surface area contributed by atoms with Gasteiger partial charge in [-0.05, 0) is 50.8 Å². The largest absolute Gasteiger partial charge is 0.466 e. The molecule has 0 atom stereocenters. The summed E-state index contributed by atoms with van der Waals surface area (Å²) in [5, 5.41) is 3.49. The van der Waals surface area contributed by atoms with Crippen LogP contribution in [0.1, 0.15) is 62.8 Å². The van der Waals surface area contributed by atoms with Crippen LogP contribution in [0.3, 0.4) is 0 Å². The van der Waals surface area contributed by atoms with Crippen molar-refractivity contribution in [1.82, 2.24) is 24.5 Å². The summed E-state index contributed by atoms with van der Waals surface area (Å²) in [5.41, 5.74) is 2.26. The van der Waals surface area contributed by atoms with E-state index in [-0.39, 0.29) is 43.6 Å². The van der Waals surface area contributed by atoms with Gasteiger partial charge in [-0.15, -0.1) is 5.10 Å². The highest BCUT2D eigenvalue weighted by Crippen LogP contribution is 2.27. The number of carbonyl (C=O) groups is 3. The van der Waals surface area contributed by atoms with Crippen molar-refractivity contribution in [3.8, 4) is 0 Å². The quantitative estimate of drug-likeness (QED) is 0.271. The maximum absolute atomic E-state index is 12.9. The van der Waals surface area contributed by atoms with Crippen molar-refractivity contribution >= 4 is 23.6 Å². The second kappa shape index (κ2) is 9.43. The third kappa shape index (κ3) is 4.86. The van der Waals surface area contributed by atoms with Crippen molar-refractivity contribution in [2.45, 2.75) is 45.7 Å². The molecule has 1 aromatic carbocycles. The van der Waals surface area contributed by atoms with Crippen molar-refractivity contribution in [2.75, 3.05) is 13.2 Å². The highest BCUT2D eigenvalue weighted by Gasteiger charge is 2.37. The first-order valence-electron chi connectivity index (χ1n) is 11.0. The van der Waals surface area contributed by atoms with Crippen LogP contribution in [0.15, 0.2) is 24.3 Å². The predicted molar refractivity (Wildman–Crippen MR) is 116 cm³/mol. The molecule has 0 aliphatic carbocycles. The normalized spacial score (nSPS) is 13.6. The fourth-order valence-electron chi connectivity index (χ4n) is 3.99. The Morgan fingerprint density at radius 3 is 2.31 bits per heavy atom. The van der Waals surface area contributed by atoms with Crippen LogP contribution in [0.5, 0.6) is 0 Å². The molecule has 3 heterocycles. The number of hydrogen-bond acceptors (Lipinski definition) is 7. The van der Waals surface area contributed by atoms with Crippen molar-refractivity contribution < 1.29 is 32.3 Å². The molecular weight excluding hydrogens is 467 g/mol. The van der Waals surface area contributed by atoms with Crippen LogP contribution < -0.4 is 0 Å². The first kappa shape index (κ1) is 24.3. The fraction of sp³-hybridized carbons (Fsp3) is 0.391. The number of aromatic nitrogens is 4. The van der Waals surface area contributed by atoms with Gasteiger partial charge in [-0.1, -0.05) is 12.1 Å². The van der Waals surface area contributed by atoms with E-state index >= 15 is 0 Å². The lowest BCUT2D eigenvalue weighted by Crippen LogP contribution is -2.30. The van der Waals surface area contributed by atoms with E-state index in [0.29, 0.717) is 40.9 Å². The van der Waals surface area contributed by atoms with Gasteiger partial charge in [0.2, 0.25) is 0 Å². The zero-order chi connectivity index (χ0) is 25.3. The Kier molecular flexibility index (Phi) is 6.55. The molecule has 1 aliphatic heterocycles. The highest BCUT2D eigenvalue weighted by atomic mass is 19.4. The number of halogens is 3. The first-order chi connectivity index (χ1) is 16.6. The molecular formula is C23H22F3N5O4. The Morgan fingerprint density at radius 2 is 1.69 bits per heavy atom. The van der Waals surface area contributed by atoms with Crippen LogP contribution in [-0.2, 0) is 22.1 Å². The van der Waals surface area contributed by atoms with Crippen LogP contribution in [0.25, 0.3) is 5.78 Å². The lowest BCUT2D eigenvalue weighted by molar-refractivity contribution is -0.145. The molecule has 1 aliphatic rings. The third-order valence-corrected chi connectivity index (χ3v) is 5.80. The Morgan fingerprint density at radius 1 is 1.03 bits per heavy atom. The molecule has 0 radical (unpaired) electrons. The SMILES string of the molecule is Cc1nc2nc(C(F)(F)F)nn2c(C)c1CCC(=O)OCCCCN1C(=O)c2ccccc2C1=O. The van der Waals surface area contributed by atoms with Crippen molar-refractivity contribution in [3.63, 3.8) is 0 Å². The number of fused-ring (bicyclic) bond motifs is 2. The summed E-state index contributed by atoms with van der Waals surface area (Å²) in [4.78, 5) is 45.5. The molecule has 0 N–H and O–H groups in total. The van der Waals surface area contributed by atoms with E-state index < -0.39 is 18.0 Å². The number of benzene rings is 1. The Bertz CT molecular complexity index is 1280. The predicted octanol–water partition coefficient (Wildman–Crippen LogP) is 3.31. The van der Waals surface area contributed by atoms with Gasteiger partial charge in [0.1, 0.15) is 0 Å². The number of ether oxygens (including phenoxy) is 1. The molecule has 12 heteroatoms. The maximum atomic E-state index is 12.9. The van der Waals surface area contributed by atoms with Gasteiger partial charge in [-0.25, -0.2) is 9.50 Å². The molecule has 0 unspecified atom stereocenters. The molecule has 9 nitrogen and oxygen atoms in total. The fourth-order valence-corrected chi connectivity index (χ4v) is 3.99. The number of esters is 1. The lowest BCUT2D eigenvalue weighted by Gasteiger charge is -2.13. The first-order valence-corrected chi connectivity index (χ1v) is 11.0. The molecule has 0 fully saturated rings. The number of alkyl halides is 3. The highest BCUT2D eigenvalue weighted by molar-refractivity contribution is 6.21. The summed E-state index contributed by atoms with van der Waals surface area (Å²) in [6.45, 7) is 3.58. The monoisotopic (exact) mass is 489 g/mol. The van der Waals surface area contributed by atoms with Gasteiger partial charge in [0.15, 0.2) is 0 Å². The number of rotatable bonds is 8. The zero-order valence-corrected chi connectivity index (χ0v) is 19.1. The second-order valence-corrected chi connectivity index (χ2v) is 8.14. The van der Waals surface area contributed by atoms with E-state index in [9.17, 15) is 27.6 Å². The molecule has 2 aromatic heterocycles. The van der Waals surface area contributed by atoms with E-state index in [1.54, 1.807) is 38.1 Å². The van der Waals surface area contributed by atoms with E-state index in [1.807, 2.05) is 0 Å². The lowest BCUT2D eigenvalue weighted by atomic mass is 10.1. The van der Waals surface area contributed by atoms with Crippen LogP contribution in [0.4, 0.5) is 13.2 Å². The minimum Gasteiger partial charge on any atom is -0.466 e. The van der Waals surface area contributed by atoms with Crippen LogP contribution in [0.2, 0.25) is 0 Å². The molecule has 3 aromatic rings. The van der Waals surface area contributed by atoms with E-state index in [0.717, 1.165) is 4.52 Å². The second-order valence-electron chi connectivity index (χ2n) is 8.14. The Labute approximate surface area is 197 Å². The van der Waals surface area contributed by atoms with E-state index in [2.05, 4.69) is 15.1 Å². The Hall–Kier alpha value is -3.83. The molecule has 0 bridgehead atoms. The summed E-state index contributed by atoms with van der Waals surface area (Å²) in [6, 6.07) is 6.64. The molecule has 0 spiro atoms. The summed E-state index contributed by atoms with van der Waals surface area (Å²) in [5.74, 6) is -2.55. The van der Waals surface area contributed by atoms with Gasteiger partial charge in [-0.2, -0.15) is 18.2 Å². The third-order valence-electron chi connectivity index (χ3n) is 5.80. The summed E-state index contributed by atoms with van der Waals surface area (Å²) < 4.78 is 45.0.